The van der Waals surface area contributed by atoms with Crippen LogP contribution >= 0.6 is 0 Å². The fraction of sp³-hybridized carbons (Fsp3) is 0.250. The minimum atomic E-state index is -0.198. The molecule has 0 atom stereocenters. The van der Waals surface area contributed by atoms with Crippen LogP contribution in [0, 0.1) is 6.92 Å². The number of likely N-dealkylation sites (tertiary alicyclic amines) is 1. The third-order valence-corrected chi connectivity index (χ3v) is 4.35. The molecule has 2 aromatic carbocycles. The summed E-state index contributed by atoms with van der Waals surface area (Å²) in [4.78, 5) is 36.7. The number of imide groups is 1. The molecule has 25 heavy (non-hydrogen) atoms. The van der Waals surface area contributed by atoms with Crippen LogP contribution in [0.2, 0.25) is 0 Å². The molecule has 0 spiro atoms. The van der Waals surface area contributed by atoms with Crippen molar-refractivity contribution in [2.24, 2.45) is 0 Å². The van der Waals surface area contributed by atoms with Crippen LogP contribution in [0.15, 0.2) is 48.5 Å². The van der Waals surface area contributed by atoms with Crippen molar-refractivity contribution in [3.8, 4) is 11.1 Å². The van der Waals surface area contributed by atoms with Crippen LogP contribution in [-0.4, -0.2) is 35.7 Å². The summed E-state index contributed by atoms with van der Waals surface area (Å²) in [5, 5.41) is 2.78. The van der Waals surface area contributed by atoms with Gasteiger partial charge in [0.25, 0.3) is 5.91 Å². The number of benzene rings is 2. The smallest absolute Gasteiger partial charge is 0.251 e. The quantitative estimate of drug-likeness (QED) is 0.853. The molecule has 1 saturated heterocycles. The van der Waals surface area contributed by atoms with E-state index in [0.29, 0.717) is 5.56 Å². The van der Waals surface area contributed by atoms with E-state index in [1.54, 1.807) is 6.07 Å². The molecule has 3 rings (SSSR count). The summed E-state index contributed by atoms with van der Waals surface area (Å²) in [5.74, 6) is -0.526. The van der Waals surface area contributed by atoms with E-state index in [1.807, 2.05) is 49.4 Å². The third kappa shape index (κ3) is 3.76. The fourth-order valence-electron chi connectivity index (χ4n) is 2.98. The zero-order chi connectivity index (χ0) is 17.8. The van der Waals surface area contributed by atoms with Gasteiger partial charge in [0, 0.05) is 31.5 Å². The SMILES string of the molecule is Cc1cc(-c2ccccc2)ccc1C(=O)NCCN1C(=O)CCC1=O. The first kappa shape index (κ1) is 16.9. The van der Waals surface area contributed by atoms with Crippen molar-refractivity contribution in [2.75, 3.05) is 13.1 Å². The lowest BCUT2D eigenvalue weighted by molar-refractivity contribution is -0.138. The number of aryl methyl sites for hydroxylation is 1. The van der Waals surface area contributed by atoms with E-state index >= 15 is 0 Å². The lowest BCUT2D eigenvalue weighted by Crippen LogP contribution is -2.37. The van der Waals surface area contributed by atoms with Crippen LogP contribution < -0.4 is 5.32 Å². The number of carbonyl (C=O) groups excluding carboxylic acids is 3. The van der Waals surface area contributed by atoms with Crippen LogP contribution in [0.4, 0.5) is 0 Å². The van der Waals surface area contributed by atoms with Crippen LogP contribution in [0.1, 0.15) is 28.8 Å². The predicted octanol–water partition coefficient (Wildman–Crippen LogP) is 2.54. The van der Waals surface area contributed by atoms with Crippen LogP contribution in [0.25, 0.3) is 11.1 Å². The number of carbonyl (C=O) groups is 3. The van der Waals surface area contributed by atoms with E-state index in [9.17, 15) is 14.4 Å². The highest BCUT2D eigenvalue weighted by Gasteiger charge is 2.28. The molecular weight excluding hydrogens is 316 g/mol. The fourth-order valence-corrected chi connectivity index (χ4v) is 2.98. The van der Waals surface area contributed by atoms with Gasteiger partial charge in [-0.25, -0.2) is 0 Å². The zero-order valence-corrected chi connectivity index (χ0v) is 14.1. The summed E-state index contributed by atoms with van der Waals surface area (Å²) in [6.07, 6.45) is 0.541. The Bertz CT molecular complexity index is 799. The van der Waals surface area contributed by atoms with E-state index in [0.717, 1.165) is 16.7 Å². The molecule has 2 aromatic rings. The predicted molar refractivity (Wildman–Crippen MR) is 94.9 cm³/mol. The van der Waals surface area contributed by atoms with Crippen molar-refractivity contribution in [1.82, 2.24) is 10.2 Å². The summed E-state index contributed by atoms with van der Waals surface area (Å²) in [6.45, 7) is 2.38. The maximum Gasteiger partial charge on any atom is 0.251 e. The summed E-state index contributed by atoms with van der Waals surface area (Å²) in [7, 11) is 0. The van der Waals surface area contributed by atoms with Gasteiger partial charge in [0.05, 0.1) is 0 Å². The Morgan fingerprint density at radius 1 is 1.00 bits per heavy atom. The monoisotopic (exact) mass is 336 g/mol. The van der Waals surface area contributed by atoms with Crippen molar-refractivity contribution >= 4 is 17.7 Å². The summed E-state index contributed by atoms with van der Waals surface area (Å²) >= 11 is 0. The number of rotatable bonds is 5. The summed E-state index contributed by atoms with van der Waals surface area (Å²) in [6, 6.07) is 15.7. The van der Waals surface area contributed by atoms with Gasteiger partial charge in [-0.2, -0.15) is 0 Å². The number of nitrogens with one attached hydrogen (secondary N) is 1. The Morgan fingerprint density at radius 2 is 1.68 bits per heavy atom. The van der Waals surface area contributed by atoms with E-state index in [4.69, 9.17) is 0 Å². The normalized spacial score (nSPS) is 14.0. The van der Waals surface area contributed by atoms with Gasteiger partial charge < -0.3 is 5.32 Å². The molecule has 1 N–H and O–H groups in total. The number of hydrogen-bond acceptors (Lipinski definition) is 3. The third-order valence-electron chi connectivity index (χ3n) is 4.35. The lowest BCUT2D eigenvalue weighted by Gasteiger charge is -2.14. The Kier molecular flexibility index (Phi) is 4.93. The van der Waals surface area contributed by atoms with Gasteiger partial charge in [0.2, 0.25) is 11.8 Å². The standard InChI is InChI=1S/C20H20N2O3/c1-14-13-16(15-5-3-2-4-6-15)7-8-17(14)20(25)21-11-12-22-18(23)9-10-19(22)24/h2-8,13H,9-12H2,1H3,(H,21,25). The molecule has 1 heterocycles. The van der Waals surface area contributed by atoms with Crippen LogP contribution in [-0.2, 0) is 9.59 Å². The van der Waals surface area contributed by atoms with Gasteiger partial charge in [0.15, 0.2) is 0 Å². The largest absolute Gasteiger partial charge is 0.350 e. The maximum absolute atomic E-state index is 12.4. The topological polar surface area (TPSA) is 66.5 Å². The lowest BCUT2D eigenvalue weighted by atomic mass is 9.99. The van der Waals surface area contributed by atoms with Gasteiger partial charge in [-0.1, -0.05) is 42.5 Å². The van der Waals surface area contributed by atoms with Crippen LogP contribution in [0.3, 0.4) is 0 Å². The Morgan fingerprint density at radius 3 is 2.32 bits per heavy atom. The zero-order valence-electron chi connectivity index (χ0n) is 14.1. The first-order valence-corrected chi connectivity index (χ1v) is 8.34. The number of amides is 3. The molecule has 0 aliphatic carbocycles. The van der Waals surface area contributed by atoms with Crippen molar-refractivity contribution in [3.05, 3.63) is 59.7 Å². The van der Waals surface area contributed by atoms with E-state index in [2.05, 4.69) is 5.32 Å². The Labute approximate surface area is 146 Å². The second-order valence-corrected chi connectivity index (χ2v) is 6.09. The molecule has 0 radical (unpaired) electrons. The highest BCUT2D eigenvalue weighted by atomic mass is 16.2. The van der Waals surface area contributed by atoms with Gasteiger partial charge in [-0.05, 0) is 29.7 Å². The minimum Gasteiger partial charge on any atom is -0.350 e. The van der Waals surface area contributed by atoms with Gasteiger partial charge in [-0.3, -0.25) is 19.3 Å². The van der Waals surface area contributed by atoms with Crippen molar-refractivity contribution in [3.63, 3.8) is 0 Å². The molecule has 5 heteroatoms. The molecule has 0 bridgehead atoms. The van der Waals surface area contributed by atoms with E-state index in [1.165, 1.54) is 4.90 Å². The number of nitrogens with zero attached hydrogens (tertiary/aromatic N) is 1. The van der Waals surface area contributed by atoms with Gasteiger partial charge >= 0.3 is 0 Å². The Balaban J connectivity index is 1.62. The second kappa shape index (κ2) is 7.30. The van der Waals surface area contributed by atoms with Crippen molar-refractivity contribution in [1.29, 1.82) is 0 Å². The minimum absolute atomic E-state index is 0.164. The molecule has 3 amide bonds. The molecular formula is C20H20N2O3. The molecule has 0 unspecified atom stereocenters. The summed E-state index contributed by atoms with van der Waals surface area (Å²) in [5.41, 5.74) is 3.64. The average molecular weight is 336 g/mol. The molecule has 128 valence electrons. The second-order valence-electron chi connectivity index (χ2n) is 6.09. The molecule has 5 nitrogen and oxygen atoms in total. The molecule has 0 saturated carbocycles. The molecule has 1 aliphatic heterocycles. The Hall–Kier alpha value is -2.95. The van der Waals surface area contributed by atoms with Crippen molar-refractivity contribution < 1.29 is 14.4 Å². The molecule has 0 aromatic heterocycles. The molecule has 1 fully saturated rings. The van der Waals surface area contributed by atoms with Gasteiger partial charge in [0.1, 0.15) is 0 Å². The first-order valence-electron chi connectivity index (χ1n) is 8.34. The van der Waals surface area contributed by atoms with E-state index < -0.39 is 0 Å². The summed E-state index contributed by atoms with van der Waals surface area (Å²) < 4.78 is 0. The van der Waals surface area contributed by atoms with Crippen LogP contribution in [0.5, 0.6) is 0 Å². The first-order chi connectivity index (χ1) is 12.1. The number of hydrogen-bond donors (Lipinski definition) is 1. The van der Waals surface area contributed by atoms with Gasteiger partial charge in [-0.15, -0.1) is 0 Å². The van der Waals surface area contributed by atoms with E-state index in [-0.39, 0.29) is 43.7 Å². The van der Waals surface area contributed by atoms with Crippen molar-refractivity contribution in [2.45, 2.75) is 19.8 Å². The highest BCUT2D eigenvalue weighted by molar-refractivity contribution is 6.02. The average Bonchev–Trinajstić information content (AvgIpc) is 2.94. The highest BCUT2D eigenvalue weighted by Crippen LogP contribution is 2.22. The maximum atomic E-state index is 12.4. The molecule has 1 aliphatic rings.